The van der Waals surface area contributed by atoms with Gasteiger partial charge >= 0.3 is 0 Å². The molecule has 0 aliphatic heterocycles. The van der Waals surface area contributed by atoms with E-state index in [-0.39, 0.29) is 5.41 Å². The normalized spacial score (nSPS) is 12.6. The van der Waals surface area contributed by atoms with Crippen LogP contribution in [0.4, 0.5) is 0 Å². The van der Waals surface area contributed by atoms with Gasteiger partial charge in [0.1, 0.15) is 22.3 Å². The quantitative estimate of drug-likeness (QED) is 0.119. The Morgan fingerprint density at radius 3 is 1.11 bits per heavy atom. The Hall–Kier alpha value is -16.2. The number of fused-ring (bicyclic) bond motifs is 19. The molecule has 24 aromatic rings. The predicted molar refractivity (Wildman–Crippen MR) is 497 cm³/mol. The van der Waals surface area contributed by atoms with Gasteiger partial charge in [-0.3, -0.25) is 0 Å². The van der Waals surface area contributed by atoms with E-state index in [0.717, 1.165) is 182 Å². The number of aromatic nitrogens is 9. The number of furan rings is 2. The first-order valence-corrected chi connectivity index (χ1v) is 41.4. The van der Waals surface area contributed by atoms with Crippen molar-refractivity contribution in [2.45, 2.75) is 19.3 Å². The number of hydrogen-bond acceptors (Lipinski definition) is 8. The minimum Gasteiger partial charge on any atom is -0.455 e. The van der Waals surface area contributed by atoms with Gasteiger partial charge in [0.2, 0.25) is 0 Å². The molecule has 0 unspecified atom stereocenters. The maximum atomic E-state index is 7.12. The van der Waals surface area contributed by atoms with Gasteiger partial charge in [0, 0.05) is 126 Å². The SMILES string of the molecule is CC1(C)c2ccccc2-c2cc3c4cc(-c5ccc(-c6nc(-c7ccccc7)nc(-c7ccc(-c8cccc9c%10ccc%11c%12cc(-c%13ccc(-c%14nc(-c%15ccccc%15)nc(-c%15ccccc%15)n%14)c%14c%13oc%13ccccc%13%14)ccc%12n(-c%12ccccc%12)c%11c%10n(-c%10ccccc%10)c89)cc7)n6)c6c5oc5ccccc56)ccc4n(-c4ccccc4)c3cc21. The first-order valence-electron chi connectivity index (χ1n) is 41.4. The lowest BCUT2D eigenvalue weighted by atomic mass is 9.82. The zero-order valence-electron chi connectivity index (χ0n) is 66.2. The van der Waals surface area contributed by atoms with Gasteiger partial charge in [0.05, 0.1) is 33.1 Å². The molecular weight excluding hydrogens is 1490 g/mol. The third-order valence-corrected chi connectivity index (χ3v) is 25.2. The van der Waals surface area contributed by atoms with Gasteiger partial charge in [-0.25, -0.2) is 29.9 Å². The van der Waals surface area contributed by atoms with E-state index >= 15 is 0 Å². The van der Waals surface area contributed by atoms with Crippen molar-refractivity contribution in [3.8, 4) is 130 Å². The molecule has 25 rings (SSSR count). The first kappa shape index (κ1) is 68.9. The second-order valence-corrected chi connectivity index (χ2v) is 32.3. The highest BCUT2D eigenvalue weighted by molar-refractivity contribution is 6.26. The van der Waals surface area contributed by atoms with Crippen molar-refractivity contribution in [1.29, 1.82) is 0 Å². The van der Waals surface area contributed by atoms with E-state index < -0.39 is 0 Å². The molecule has 0 spiro atoms. The molecule has 0 amide bonds. The van der Waals surface area contributed by atoms with Crippen LogP contribution in [-0.4, -0.2) is 43.6 Å². The molecule has 0 bridgehead atoms. The highest BCUT2D eigenvalue weighted by Crippen LogP contribution is 2.54. The molecule has 0 saturated carbocycles. The van der Waals surface area contributed by atoms with Gasteiger partial charge < -0.3 is 22.5 Å². The van der Waals surface area contributed by atoms with Crippen LogP contribution in [0.3, 0.4) is 0 Å². The molecule has 0 saturated heterocycles. The van der Waals surface area contributed by atoms with Crippen molar-refractivity contribution in [3.63, 3.8) is 0 Å². The van der Waals surface area contributed by atoms with Crippen molar-refractivity contribution >= 4 is 109 Å². The average Bonchev–Trinajstić information content (AvgIpc) is 1.54. The molecule has 1 aliphatic rings. The van der Waals surface area contributed by atoms with E-state index in [1.807, 2.05) is 97.1 Å². The molecule has 1 aliphatic carbocycles. The summed E-state index contributed by atoms with van der Waals surface area (Å²) in [5, 5.41) is 10.6. The Morgan fingerprint density at radius 2 is 0.582 bits per heavy atom. The van der Waals surface area contributed by atoms with Crippen LogP contribution in [0.15, 0.2) is 391 Å². The lowest BCUT2D eigenvalue weighted by Crippen LogP contribution is -2.14. The molecule has 570 valence electrons. The molecule has 0 N–H and O–H groups in total. The van der Waals surface area contributed by atoms with E-state index in [9.17, 15) is 0 Å². The van der Waals surface area contributed by atoms with Crippen molar-refractivity contribution in [3.05, 3.63) is 393 Å². The van der Waals surface area contributed by atoms with Crippen molar-refractivity contribution < 1.29 is 8.83 Å². The van der Waals surface area contributed by atoms with E-state index in [0.29, 0.717) is 34.9 Å². The van der Waals surface area contributed by atoms with Crippen molar-refractivity contribution in [2.75, 3.05) is 0 Å². The minimum absolute atomic E-state index is 0.164. The van der Waals surface area contributed by atoms with Crippen LogP contribution in [0.1, 0.15) is 25.0 Å². The fourth-order valence-electron chi connectivity index (χ4n) is 19.5. The summed E-state index contributed by atoms with van der Waals surface area (Å²) in [6, 6.07) is 136. The van der Waals surface area contributed by atoms with Gasteiger partial charge in [0.25, 0.3) is 0 Å². The summed E-state index contributed by atoms with van der Waals surface area (Å²) in [6.07, 6.45) is 0. The Balaban J connectivity index is 0.632. The molecule has 7 heterocycles. The maximum absolute atomic E-state index is 7.12. The number of benzene rings is 17. The first-order chi connectivity index (χ1) is 60.3. The monoisotopic (exact) mass is 1560 g/mol. The lowest BCUT2D eigenvalue weighted by molar-refractivity contribution is 0.661. The van der Waals surface area contributed by atoms with E-state index in [2.05, 4.69) is 313 Å². The smallest absolute Gasteiger partial charge is 0.164 e. The highest BCUT2D eigenvalue weighted by atomic mass is 16.3. The molecular formula is C111H69N9O2. The average molecular weight is 1560 g/mol. The fraction of sp³-hybridized carbons (Fsp3) is 0.0270. The van der Waals surface area contributed by atoms with Gasteiger partial charge in [-0.15, -0.1) is 0 Å². The zero-order valence-corrected chi connectivity index (χ0v) is 66.2. The summed E-state index contributed by atoms with van der Waals surface area (Å²) in [4.78, 5) is 31.8. The zero-order chi connectivity index (χ0) is 80.4. The van der Waals surface area contributed by atoms with Gasteiger partial charge in [0.15, 0.2) is 34.9 Å². The van der Waals surface area contributed by atoms with E-state index in [1.165, 1.54) is 33.2 Å². The lowest BCUT2D eigenvalue weighted by Gasteiger charge is -2.21. The molecule has 122 heavy (non-hydrogen) atoms. The largest absolute Gasteiger partial charge is 0.455 e. The summed E-state index contributed by atoms with van der Waals surface area (Å²) in [7, 11) is 0. The topological polar surface area (TPSA) is 118 Å². The second-order valence-electron chi connectivity index (χ2n) is 32.3. The van der Waals surface area contributed by atoms with Gasteiger partial charge in [-0.2, -0.15) is 0 Å². The third kappa shape index (κ3) is 10.6. The molecule has 17 aromatic carbocycles. The minimum atomic E-state index is -0.164. The summed E-state index contributed by atoms with van der Waals surface area (Å²) in [6.45, 7) is 4.71. The number of para-hydroxylation sites is 6. The second kappa shape index (κ2) is 26.9. The van der Waals surface area contributed by atoms with Crippen molar-refractivity contribution in [2.24, 2.45) is 0 Å². The molecule has 7 aromatic heterocycles. The van der Waals surface area contributed by atoms with Crippen LogP contribution < -0.4 is 0 Å². The Kier molecular flexibility index (Phi) is 15.2. The van der Waals surface area contributed by atoms with E-state index in [4.69, 9.17) is 38.7 Å². The Labute approximate surface area is 699 Å². The van der Waals surface area contributed by atoms with Gasteiger partial charge in [-0.1, -0.05) is 287 Å². The molecule has 0 fully saturated rings. The molecule has 0 radical (unpaired) electrons. The van der Waals surface area contributed by atoms with Gasteiger partial charge in [-0.05, 0) is 148 Å². The van der Waals surface area contributed by atoms with Crippen LogP contribution >= 0.6 is 0 Å². The summed E-state index contributed by atoms with van der Waals surface area (Å²) >= 11 is 0. The van der Waals surface area contributed by atoms with Crippen LogP contribution in [0.5, 0.6) is 0 Å². The number of hydrogen-bond donors (Lipinski definition) is 0. The third-order valence-electron chi connectivity index (χ3n) is 25.2. The Bertz CT molecular complexity index is 8380. The standard InChI is InChI=1S/C111H69N9O2/c1-111(2)91-45-24-21-40-79(91)87-64-90-89-63-72(52-60-93(89)118(95(90)65-92(87)111)73-34-15-6-16-35-73)78-55-59-86(99-84-42-23-26-47-97(84)122-104(78)99)110-116-107(69-32-13-5-14-33-69)113-108(117-110)70-50-48-66(49-51-70)76-43-27-44-80-81-56-57-82-88-62-71(53-61-94(88)119(74-36-17-7-18-37-74)101(82)102(81)120(100(76)80)75-38-19-8-20-39-75)77-54-58-85(98-83-41-22-25-46-96(83)121-103(77)98)109-114-105(67-28-9-3-10-29-67)112-106(115-109)68-30-11-4-12-31-68/h3-65H,1-2H3. The van der Waals surface area contributed by atoms with Crippen LogP contribution in [-0.2, 0) is 5.41 Å². The van der Waals surface area contributed by atoms with Crippen LogP contribution in [0.25, 0.3) is 239 Å². The van der Waals surface area contributed by atoms with E-state index in [1.54, 1.807) is 0 Å². The molecule has 11 heteroatoms. The Morgan fingerprint density at radius 1 is 0.213 bits per heavy atom. The van der Waals surface area contributed by atoms with Crippen LogP contribution in [0, 0.1) is 0 Å². The summed E-state index contributed by atoms with van der Waals surface area (Å²) < 4.78 is 21.6. The highest BCUT2D eigenvalue weighted by Gasteiger charge is 2.37. The van der Waals surface area contributed by atoms with Crippen LogP contribution in [0.2, 0.25) is 0 Å². The molecule has 11 nitrogen and oxygen atoms in total. The maximum Gasteiger partial charge on any atom is 0.164 e. The fourth-order valence-corrected chi connectivity index (χ4v) is 19.5. The predicted octanol–water partition coefficient (Wildman–Crippen LogP) is 28.5. The number of rotatable bonds is 12. The molecule has 0 atom stereocenters. The van der Waals surface area contributed by atoms with Crippen molar-refractivity contribution in [1.82, 2.24) is 43.6 Å². The number of nitrogens with zero attached hydrogens (tertiary/aromatic N) is 9. The summed E-state index contributed by atoms with van der Waals surface area (Å²) in [5.74, 6) is 3.40. The summed E-state index contributed by atoms with van der Waals surface area (Å²) in [5.41, 5.74) is 29.3.